The molecule has 0 saturated carbocycles. The summed E-state index contributed by atoms with van der Waals surface area (Å²) in [7, 11) is 0. The molecule has 1 aromatic carbocycles. The van der Waals surface area contributed by atoms with E-state index >= 15 is 0 Å². The second-order valence-corrected chi connectivity index (χ2v) is 1.78. The van der Waals surface area contributed by atoms with Crippen LogP contribution in [-0.4, -0.2) is 23.1 Å². The standard InChI is InChI=1S/C6H6S.C2H5.BrH.Cu.Mg/c7-6-4-2-1-3-5-6;1-2;;;/h1-5,7H;1H2,2H3;1H;;/q;-1;;+1;+2/p-2. The van der Waals surface area contributed by atoms with Gasteiger partial charge >= 0.3 is 40.1 Å². The van der Waals surface area contributed by atoms with E-state index in [9.17, 15) is 0 Å². The molecular weight excluding hydrogens is 296 g/mol. The SMILES string of the molecule is [Br-].[CH2-]C.[Cu+].[Mg+2].[S-]c1ccccc1. The topological polar surface area (TPSA) is 0 Å². The zero-order chi connectivity index (χ0) is 7.11. The fraction of sp³-hybridized carbons (Fsp3) is 0.125. The van der Waals surface area contributed by atoms with Gasteiger partial charge in [-0.3, -0.25) is 0 Å². The van der Waals surface area contributed by atoms with Crippen LogP contribution in [0, 0.1) is 6.92 Å². The molecule has 0 aliphatic rings. The van der Waals surface area contributed by atoms with Gasteiger partial charge in [0.2, 0.25) is 0 Å². The first kappa shape index (κ1) is 23.2. The Bertz CT molecular complexity index is 149. The molecule has 4 heteroatoms. The summed E-state index contributed by atoms with van der Waals surface area (Å²) in [5.41, 5.74) is 0. The van der Waals surface area contributed by atoms with E-state index in [2.05, 4.69) is 6.92 Å². The van der Waals surface area contributed by atoms with Crippen molar-refractivity contribution in [2.45, 2.75) is 11.8 Å². The zero-order valence-corrected chi connectivity index (χ0v) is 11.6. The molecule has 0 aliphatic heterocycles. The van der Waals surface area contributed by atoms with Gasteiger partial charge < -0.3 is 36.5 Å². The van der Waals surface area contributed by atoms with Crippen molar-refractivity contribution in [3.63, 3.8) is 0 Å². The van der Waals surface area contributed by atoms with Crippen molar-refractivity contribution in [1.29, 1.82) is 0 Å². The number of benzene rings is 1. The van der Waals surface area contributed by atoms with Crippen LogP contribution in [-0.2, 0) is 29.7 Å². The van der Waals surface area contributed by atoms with Crippen LogP contribution >= 0.6 is 0 Å². The third kappa shape index (κ3) is 13.8. The quantitative estimate of drug-likeness (QED) is 0.338. The van der Waals surface area contributed by atoms with E-state index in [1.54, 1.807) is 6.92 Å². The molecule has 0 heterocycles. The molecule has 0 unspecified atom stereocenters. The first-order valence-corrected chi connectivity index (χ1v) is 3.23. The first-order chi connectivity index (χ1) is 4.39. The van der Waals surface area contributed by atoms with Gasteiger partial charge in [0.25, 0.3) is 0 Å². The molecule has 1 rings (SSSR count). The maximum Gasteiger partial charge on any atom is 2.00 e. The van der Waals surface area contributed by atoms with Gasteiger partial charge in [0.1, 0.15) is 0 Å². The molecule has 0 N–H and O–H groups in total. The predicted molar refractivity (Wildman–Crippen MR) is 48.9 cm³/mol. The van der Waals surface area contributed by atoms with Crippen molar-refractivity contribution in [3.05, 3.63) is 37.3 Å². The van der Waals surface area contributed by atoms with Crippen molar-refractivity contribution in [1.82, 2.24) is 0 Å². The molecule has 0 nitrogen and oxygen atoms in total. The summed E-state index contributed by atoms with van der Waals surface area (Å²) in [4.78, 5) is 0.905. The Balaban J connectivity index is -0.0000000600. The Morgan fingerprint density at radius 2 is 1.42 bits per heavy atom. The second kappa shape index (κ2) is 18.1. The summed E-state index contributed by atoms with van der Waals surface area (Å²) in [6, 6.07) is 9.62. The minimum absolute atomic E-state index is 0. The fourth-order valence-electron chi connectivity index (χ4n) is 0.420. The maximum atomic E-state index is 4.81. The molecule has 0 amide bonds. The van der Waals surface area contributed by atoms with Gasteiger partial charge in [-0.15, -0.1) is 0 Å². The molecule has 0 atom stereocenters. The Morgan fingerprint density at radius 1 is 1.08 bits per heavy atom. The Kier molecular flexibility index (Phi) is 35.0. The average Bonchev–Trinajstić information content (AvgIpc) is 1.94. The Morgan fingerprint density at radius 3 is 1.58 bits per heavy atom. The van der Waals surface area contributed by atoms with E-state index < -0.39 is 0 Å². The van der Waals surface area contributed by atoms with Crippen LogP contribution in [0.3, 0.4) is 0 Å². The summed E-state index contributed by atoms with van der Waals surface area (Å²) in [5.74, 6) is 0. The summed E-state index contributed by atoms with van der Waals surface area (Å²) >= 11 is 4.81. The fourth-order valence-corrected chi connectivity index (χ4v) is 0.578. The number of rotatable bonds is 0. The molecule has 12 heavy (non-hydrogen) atoms. The summed E-state index contributed by atoms with van der Waals surface area (Å²) in [6.07, 6.45) is 0. The summed E-state index contributed by atoms with van der Waals surface area (Å²) in [5, 5.41) is 0. The van der Waals surface area contributed by atoms with Crippen LogP contribution in [0.15, 0.2) is 35.2 Å². The van der Waals surface area contributed by atoms with Gasteiger partial charge in [-0.25, -0.2) is 0 Å². The third-order valence-corrected chi connectivity index (χ3v) is 1.02. The van der Waals surface area contributed by atoms with Gasteiger partial charge in [0.05, 0.1) is 0 Å². The van der Waals surface area contributed by atoms with E-state index in [-0.39, 0.29) is 57.1 Å². The Labute approximate surface area is 118 Å². The van der Waals surface area contributed by atoms with Crippen LogP contribution < -0.4 is 17.0 Å². The first-order valence-electron chi connectivity index (χ1n) is 2.82. The van der Waals surface area contributed by atoms with E-state index in [1.165, 1.54) is 0 Å². The minimum atomic E-state index is 0. The summed E-state index contributed by atoms with van der Waals surface area (Å²) in [6.45, 7) is 5.00. The molecular formula is C8H10BrCuMgS. The molecule has 0 spiro atoms. The molecule has 0 radical (unpaired) electrons. The van der Waals surface area contributed by atoms with Crippen molar-refractivity contribution in [2.24, 2.45) is 0 Å². The van der Waals surface area contributed by atoms with Gasteiger partial charge in [0, 0.05) is 0 Å². The maximum absolute atomic E-state index is 4.81. The number of halogens is 1. The van der Waals surface area contributed by atoms with E-state index in [0.717, 1.165) is 4.90 Å². The molecule has 0 saturated heterocycles. The molecule has 0 fully saturated rings. The van der Waals surface area contributed by atoms with Crippen molar-refractivity contribution in [3.8, 4) is 0 Å². The van der Waals surface area contributed by atoms with E-state index in [4.69, 9.17) is 12.6 Å². The van der Waals surface area contributed by atoms with Crippen molar-refractivity contribution < 1.29 is 34.1 Å². The third-order valence-electron chi connectivity index (χ3n) is 0.743. The van der Waals surface area contributed by atoms with Crippen LogP contribution in [0.1, 0.15) is 6.92 Å². The predicted octanol–water partition coefficient (Wildman–Crippen LogP) is -0.947. The van der Waals surface area contributed by atoms with E-state index in [0.29, 0.717) is 0 Å². The molecule has 0 aliphatic carbocycles. The monoisotopic (exact) mass is 304 g/mol. The molecule has 68 valence electrons. The van der Waals surface area contributed by atoms with Gasteiger partial charge in [-0.2, -0.15) is 11.8 Å². The molecule has 0 aromatic heterocycles. The zero-order valence-electron chi connectivity index (χ0n) is 6.89. The minimum Gasteiger partial charge on any atom is -1.00 e. The van der Waals surface area contributed by atoms with Gasteiger partial charge in [0.15, 0.2) is 0 Å². The molecule has 1 aromatic rings. The summed E-state index contributed by atoms with van der Waals surface area (Å²) < 4.78 is 0. The van der Waals surface area contributed by atoms with E-state index in [1.807, 2.05) is 30.3 Å². The second-order valence-electron chi connectivity index (χ2n) is 1.31. The smallest absolute Gasteiger partial charge is 1.00 e. The van der Waals surface area contributed by atoms with Crippen LogP contribution in [0.2, 0.25) is 0 Å². The largest absolute Gasteiger partial charge is 2.00 e. The number of hydrogen-bond donors (Lipinski definition) is 0. The van der Waals surface area contributed by atoms with Gasteiger partial charge in [-0.05, 0) is 0 Å². The number of hydrogen-bond acceptors (Lipinski definition) is 1. The average molecular weight is 306 g/mol. The van der Waals surface area contributed by atoms with Crippen molar-refractivity contribution >= 4 is 35.7 Å². The normalized spacial score (nSPS) is 5.50. The van der Waals surface area contributed by atoms with Crippen LogP contribution in [0.4, 0.5) is 0 Å². The van der Waals surface area contributed by atoms with Crippen molar-refractivity contribution in [2.75, 3.05) is 0 Å². The van der Waals surface area contributed by atoms with Crippen LogP contribution in [0.25, 0.3) is 0 Å². The Hall–Kier alpha value is 1.21. The van der Waals surface area contributed by atoms with Crippen LogP contribution in [0.5, 0.6) is 0 Å². The molecule has 0 bridgehead atoms. The van der Waals surface area contributed by atoms with Gasteiger partial charge in [-0.1, -0.05) is 30.3 Å².